The molecule has 2 amide bonds. The van der Waals surface area contributed by atoms with E-state index >= 15 is 0 Å². The molecule has 0 saturated heterocycles. The lowest BCUT2D eigenvalue weighted by atomic mass is 10.2. The molecule has 1 aliphatic heterocycles. The maximum absolute atomic E-state index is 11.7. The topological polar surface area (TPSA) is 58.6 Å². The molecule has 1 aliphatic rings. The first-order valence-corrected chi connectivity index (χ1v) is 6.01. The quantitative estimate of drug-likeness (QED) is 0.827. The molecule has 0 saturated carbocycles. The van der Waals surface area contributed by atoms with Gasteiger partial charge in [-0.05, 0) is 18.2 Å². The van der Waals surface area contributed by atoms with Gasteiger partial charge in [-0.1, -0.05) is 0 Å². The molecule has 1 N–H and O–H groups in total. The van der Waals surface area contributed by atoms with Crippen molar-refractivity contribution in [3.8, 4) is 0 Å². The highest BCUT2D eigenvalue weighted by Gasteiger charge is 2.30. The molecule has 1 aromatic rings. The Morgan fingerprint density at radius 1 is 1.53 bits per heavy atom. The summed E-state index contributed by atoms with van der Waals surface area (Å²) >= 11 is 1.42. The number of fused-ring (bicyclic) bond motifs is 1. The van der Waals surface area contributed by atoms with Crippen LogP contribution in [-0.2, 0) is 9.53 Å². The summed E-state index contributed by atoms with van der Waals surface area (Å²) in [6.07, 6.45) is -0.648. The van der Waals surface area contributed by atoms with E-state index in [4.69, 9.17) is 0 Å². The van der Waals surface area contributed by atoms with Gasteiger partial charge in [-0.3, -0.25) is 4.79 Å². The summed E-state index contributed by atoms with van der Waals surface area (Å²) in [5.74, 6) is -0.0105. The minimum atomic E-state index is -0.648. The van der Waals surface area contributed by atoms with E-state index in [0.29, 0.717) is 5.69 Å². The molecule has 6 heteroatoms. The van der Waals surface area contributed by atoms with E-state index in [1.165, 1.54) is 18.9 Å². The number of amides is 2. The summed E-state index contributed by atoms with van der Waals surface area (Å²) in [5, 5.41) is 2.97. The summed E-state index contributed by atoms with van der Waals surface area (Å²) < 4.78 is 4.63. The van der Waals surface area contributed by atoms with Crippen molar-refractivity contribution in [2.24, 2.45) is 0 Å². The van der Waals surface area contributed by atoms with Crippen LogP contribution in [0.5, 0.6) is 0 Å². The van der Waals surface area contributed by atoms with E-state index < -0.39 is 6.09 Å². The molecule has 0 atom stereocenters. The summed E-state index contributed by atoms with van der Waals surface area (Å²) in [4.78, 5) is 25.3. The Labute approximate surface area is 103 Å². The normalized spacial score (nSPS) is 14.2. The lowest BCUT2D eigenvalue weighted by Gasteiger charge is -2.26. The van der Waals surface area contributed by atoms with Gasteiger partial charge >= 0.3 is 6.09 Å². The number of nitrogens with one attached hydrogen (secondary N) is 1. The lowest BCUT2D eigenvalue weighted by Crippen LogP contribution is -2.40. The van der Waals surface area contributed by atoms with Crippen LogP contribution >= 0.6 is 11.8 Å². The number of carbonyl (C=O) groups is 2. The molecule has 0 unspecified atom stereocenters. The number of anilines is 2. The number of benzene rings is 1. The summed E-state index contributed by atoms with van der Waals surface area (Å²) in [6.45, 7) is 0. The second kappa shape index (κ2) is 4.67. The number of hydrogen-bond acceptors (Lipinski definition) is 5. The van der Waals surface area contributed by atoms with Crippen LogP contribution in [0.2, 0.25) is 0 Å². The van der Waals surface area contributed by atoms with Gasteiger partial charge in [0.25, 0.3) is 0 Å². The molecule has 0 radical (unpaired) electrons. The second-order valence-corrected chi connectivity index (χ2v) is 4.44. The van der Waals surface area contributed by atoms with Crippen molar-refractivity contribution in [2.45, 2.75) is 4.90 Å². The van der Waals surface area contributed by atoms with E-state index in [2.05, 4.69) is 10.1 Å². The maximum Gasteiger partial charge on any atom is 0.421 e. The third-order valence-corrected chi connectivity index (χ3v) is 3.49. The van der Waals surface area contributed by atoms with Crippen molar-refractivity contribution in [3.05, 3.63) is 18.2 Å². The molecular formula is C11H12N2O3S. The number of hydrogen-bond donors (Lipinski definition) is 1. The van der Waals surface area contributed by atoms with Crippen molar-refractivity contribution >= 4 is 35.1 Å². The molecule has 17 heavy (non-hydrogen) atoms. The van der Waals surface area contributed by atoms with Gasteiger partial charge in [-0.15, -0.1) is 11.8 Å². The zero-order valence-corrected chi connectivity index (χ0v) is 10.3. The van der Waals surface area contributed by atoms with Crippen LogP contribution in [0.1, 0.15) is 0 Å². The predicted molar refractivity (Wildman–Crippen MR) is 66.6 cm³/mol. The zero-order valence-electron chi connectivity index (χ0n) is 9.52. The molecule has 0 fully saturated rings. The smallest absolute Gasteiger partial charge is 0.421 e. The number of nitrogens with zero attached hydrogens (tertiary/aromatic N) is 1. The first kappa shape index (κ1) is 11.8. The van der Waals surface area contributed by atoms with E-state index in [9.17, 15) is 9.59 Å². The molecule has 90 valence electrons. The highest BCUT2D eigenvalue weighted by Crippen LogP contribution is 2.37. The van der Waals surface area contributed by atoms with E-state index in [1.807, 2.05) is 12.1 Å². The number of ether oxygens (including phenoxy) is 1. The number of carbonyl (C=O) groups excluding carboxylic acids is 2. The van der Waals surface area contributed by atoms with Crippen LogP contribution in [0.25, 0.3) is 0 Å². The van der Waals surface area contributed by atoms with Gasteiger partial charge in [0, 0.05) is 17.6 Å². The zero-order chi connectivity index (χ0) is 12.4. The largest absolute Gasteiger partial charge is 0.452 e. The Balaban J connectivity index is 2.48. The molecule has 5 nitrogen and oxygen atoms in total. The third kappa shape index (κ3) is 2.08. The Morgan fingerprint density at radius 3 is 2.94 bits per heavy atom. The molecule has 1 heterocycles. The molecular weight excluding hydrogens is 240 g/mol. The summed E-state index contributed by atoms with van der Waals surface area (Å²) in [7, 11) is 3.04. The van der Waals surface area contributed by atoms with Crippen LogP contribution in [-0.4, -0.2) is 31.9 Å². The van der Waals surface area contributed by atoms with Crippen LogP contribution in [0, 0.1) is 0 Å². The highest BCUT2D eigenvalue weighted by molar-refractivity contribution is 8.00. The molecule has 2 rings (SSSR count). The molecule has 0 bridgehead atoms. The van der Waals surface area contributed by atoms with Crippen molar-refractivity contribution in [1.82, 2.24) is 0 Å². The Kier molecular flexibility index (Phi) is 3.23. The van der Waals surface area contributed by atoms with Gasteiger partial charge in [0.1, 0.15) is 0 Å². The predicted octanol–water partition coefficient (Wildman–Crippen LogP) is 1.93. The van der Waals surface area contributed by atoms with Crippen LogP contribution in [0.15, 0.2) is 23.1 Å². The SMILES string of the molecule is CNc1ccc2c(c1)N(C(=O)OC)C(=O)CS2. The fraction of sp³-hybridized carbons (Fsp3) is 0.273. The second-order valence-electron chi connectivity index (χ2n) is 3.42. The average Bonchev–Trinajstić information content (AvgIpc) is 2.37. The molecule has 0 aliphatic carbocycles. The van der Waals surface area contributed by atoms with Gasteiger partial charge in [-0.2, -0.15) is 0 Å². The third-order valence-electron chi connectivity index (χ3n) is 2.45. The fourth-order valence-corrected chi connectivity index (χ4v) is 2.47. The van der Waals surface area contributed by atoms with Gasteiger partial charge in [0.2, 0.25) is 5.91 Å². The minimum Gasteiger partial charge on any atom is -0.452 e. The van der Waals surface area contributed by atoms with Gasteiger partial charge in [0.15, 0.2) is 0 Å². The van der Waals surface area contributed by atoms with Crippen LogP contribution < -0.4 is 10.2 Å². The first-order valence-electron chi connectivity index (χ1n) is 5.03. The van der Waals surface area contributed by atoms with Crippen molar-refractivity contribution in [2.75, 3.05) is 30.1 Å². The van der Waals surface area contributed by atoms with Crippen molar-refractivity contribution in [3.63, 3.8) is 0 Å². The molecule has 0 spiro atoms. The summed E-state index contributed by atoms with van der Waals surface area (Å²) in [6, 6.07) is 5.54. The van der Waals surface area contributed by atoms with E-state index in [-0.39, 0.29) is 11.7 Å². The highest BCUT2D eigenvalue weighted by atomic mass is 32.2. The first-order chi connectivity index (χ1) is 8.17. The summed E-state index contributed by atoms with van der Waals surface area (Å²) in [5.41, 5.74) is 1.41. The standard InChI is InChI=1S/C11H12N2O3S/c1-12-7-3-4-9-8(5-7)13(11(15)16-2)10(14)6-17-9/h3-5,12H,6H2,1-2H3. The van der Waals surface area contributed by atoms with Crippen LogP contribution in [0.4, 0.5) is 16.2 Å². The maximum atomic E-state index is 11.7. The fourth-order valence-electron chi connectivity index (χ4n) is 1.60. The van der Waals surface area contributed by atoms with E-state index in [1.54, 1.807) is 13.1 Å². The number of methoxy groups -OCH3 is 1. The number of thioether (sulfide) groups is 1. The van der Waals surface area contributed by atoms with Crippen molar-refractivity contribution < 1.29 is 14.3 Å². The Hall–Kier alpha value is -1.69. The Morgan fingerprint density at radius 2 is 2.29 bits per heavy atom. The lowest BCUT2D eigenvalue weighted by molar-refractivity contribution is -0.115. The van der Waals surface area contributed by atoms with E-state index in [0.717, 1.165) is 15.5 Å². The number of rotatable bonds is 1. The number of imide groups is 1. The minimum absolute atomic E-state index is 0.251. The van der Waals surface area contributed by atoms with Gasteiger partial charge < -0.3 is 10.1 Å². The van der Waals surface area contributed by atoms with Gasteiger partial charge in [0.05, 0.1) is 18.6 Å². The molecule has 1 aromatic carbocycles. The van der Waals surface area contributed by atoms with Crippen LogP contribution in [0.3, 0.4) is 0 Å². The Bertz CT molecular complexity index is 476. The molecule has 0 aromatic heterocycles. The monoisotopic (exact) mass is 252 g/mol. The van der Waals surface area contributed by atoms with Gasteiger partial charge in [-0.25, -0.2) is 9.69 Å². The van der Waals surface area contributed by atoms with Crippen molar-refractivity contribution in [1.29, 1.82) is 0 Å². The average molecular weight is 252 g/mol.